The lowest BCUT2D eigenvalue weighted by atomic mass is 10.1. The van der Waals surface area contributed by atoms with Crippen LogP contribution >= 0.6 is 11.6 Å². The number of aromatic nitrogens is 2. The average molecular weight is 263 g/mol. The Morgan fingerprint density at radius 3 is 3.00 bits per heavy atom. The fraction of sp³-hybridized carbons (Fsp3) is 0.154. The predicted octanol–water partition coefficient (Wildman–Crippen LogP) is 3.01. The zero-order valence-electron chi connectivity index (χ0n) is 9.48. The number of aliphatic hydroxyl groups is 1. The van der Waals surface area contributed by atoms with E-state index in [2.05, 4.69) is 9.97 Å². The fourth-order valence-electron chi connectivity index (χ4n) is 1.96. The molecule has 0 unspecified atom stereocenters. The topological polar surface area (TPSA) is 62.1 Å². The van der Waals surface area contributed by atoms with Crippen molar-refractivity contribution >= 4 is 22.6 Å². The minimum atomic E-state index is 0.0371. The van der Waals surface area contributed by atoms with Crippen molar-refractivity contribution in [3.63, 3.8) is 0 Å². The molecular weight excluding hydrogens is 252 g/mol. The molecule has 0 saturated carbocycles. The molecule has 0 fully saturated rings. The smallest absolute Gasteiger partial charge is 0.134 e. The number of aliphatic hydroxyl groups excluding tert-OH is 1. The summed E-state index contributed by atoms with van der Waals surface area (Å²) in [6, 6.07) is 7.72. The summed E-state index contributed by atoms with van der Waals surface area (Å²) in [5.41, 5.74) is 2.32. The summed E-state index contributed by atoms with van der Waals surface area (Å²) in [6.07, 6.45) is 2.10. The van der Waals surface area contributed by atoms with E-state index < -0.39 is 0 Å². The second kappa shape index (κ2) is 4.48. The van der Waals surface area contributed by atoms with Crippen molar-refractivity contribution in [2.45, 2.75) is 6.42 Å². The molecule has 0 aliphatic rings. The third-order valence-corrected chi connectivity index (χ3v) is 3.07. The van der Waals surface area contributed by atoms with Gasteiger partial charge in [0.05, 0.1) is 6.61 Å². The quantitative estimate of drug-likeness (QED) is 0.763. The minimum absolute atomic E-state index is 0.0371. The molecule has 0 atom stereocenters. The molecule has 0 radical (unpaired) electrons. The van der Waals surface area contributed by atoms with Crippen LogP contribution in [0.1, 0.15) is 5.82 Å². The lowest BCUT2D eigenvalue weighted by Crippen LogP contribution is -1.92. The van der Waals surface area contributed by atoms with E-state index in [1.165, 1.54) is 0 Å². The van der Waals surface area contributed by atoms with E-state index in [0.717, 1.165) is 16.5 Å². The molecular formula is C13H11ClN2O2. The van der Waals surface area contributed by atoms with Gasteiger partial charge in [-0.2, -0.15) is 0 Å². The number of nitrogens with zero attached hydrogens (tertiary/aromatic N) is 1. The van der Waals surface area contributed by atoms with Gasteiger partial charge in [-0.05, 0) is 6.07 Å². The standard InChI is InChI=1S/C13H11ClN2O2/c14-13-12(15-11(16-13)5-6-17)9-7-18-10-4-2-1-3-8(9)10/h1-4,7,17H,5-6H2,(H,15,16). The Morgan fingerprint density at radius 2 is 2.17 bits per heavy atom. The average Bonchev–Trinajstić information content (AvgIpc) is 2.93. The van der Waals surface area contributed by atoms with Gasteiger partial charge in [0.25, 0.3) is 0 Å². The van der Waals surface area contributed by atoms with Crippen LogP contribution in [0.15, 0.2) is 34.9 Å². The molecule has 0 spiro atoms. The number of benzene rings is 1. The molecule has 5 heteroatoms. The molecule has 3 rings (SSSR count). The van der Waals surface area contributed by atoms with E-state index in [-0.39, 0.29) is 6.61 Å². The van der Waals surface area contributed by atoms with E-state index in [1.54, 1.807) is 6.26 Å². The minimum Gasteiger partial charge on any atom is -0.464 e. The van der Waals surface area contributed by atoms with E-state index in [9.17, 15) is 0 Å². The summed E-state index contributed by atoms with van der Waals surface area (Å²) in [5.74, 6) is 0.669. The Morgan fingerprint density at radius 1 is 1.33 bits per heavy atom. The van der Waals surface area contributed by atoms with Crippen LogP contribution in [0.4, 0.5) is 0 Å². The van der Waals surface area contributed by atoms with Gasteiger partial charge in [0.2, 0.25) is 0 Å². The summed E-state index contributed by atoms with van der Waals surface area (Å²) in [7, 11) is 0. The highest BCUT2D eigenvalue weighted by Gasteiger charge is 2.15. The number of aromatic amines is 1. The Balaban J connectivity index is 2.14. The molecule has 4 nitrogen and oxygen atoms in total. The predicted molar refractivity (Wildman–Crippen MR) is 69.6 cm³/mol. The number of hydrogen-bond donors (Lipinski definition) is 2. The second-order valence-electron chi connectivity index (χ2n) is 3.97. The summed E-state index contributed by atoms with van der Waals surface area (Å²) in [6.45, 7) is 0.0371. The number of para-hydroxylation sites is 1. The van der Waals surface area contributed by atoms with Crippen LogP contribution in [-0.2, 0) is 6.42 Å². The lowest BCUT2D eigenvalue weighted by molar-refractivity contribution is 0.297. The van der Waals surface area contributed by atoms with Gasteiger partial charge in [-0.1, -0.05) is 29.8 Å². The van der Waals surface area contributed by atoms with Crippen molar-refractivity contribution in [2.75, 3.05) is 6.61 Å². The third kappa shape index (κ3) is 1.79. The molecule has 0 aliphatic heterocycles. The van der Waals surface area contributed by atoms with Crippen molar-refractivity contribution in [1.82, 2.24) is 9.97 Å². The van der Waals surface area contributed by atoms with Crippen LogP contribution in [0.5, 0.6) is 0 Å². The third-order valence-electron chi connectivity index (χ3n) is 2.79. The Hall–Kier alpha value is -1.78. The maximum absolute atomic E-state index is 8.90. The molecule has 1 aromatic carbocycles. The van der Waals surface area contributed by atoms with Crippen LogP contribution < -0.4 is 0 Å². The molecule has 0 aliphatic carbocycles. The molecule has 92 valence electrons. The van der Waals surface area contributed by atoms with E-state index in [4.69, 9.17) is 21.1 Å². The van der Waals surface area contributed by atoms with Gasteiger partial charge in [0.15, 0.2) is 0 Å². The van der Waals surface area contributed by atoms with Crippen molar-refractivity contribution in [3.05, 3.63) is 41.5 Å². The van der Waals surface area contributed by atoms with Crippen LogP contribution in [0, 0.1) is 0 Å². The highest BCUT2D eigenvalue weighted by molar-refractivity contribution is 6.32. The lowest BCUT2D eigenvalue weighted by Gasteiger charge is -1.93. The first-order valence-electron chi connectivity index (χ1n) is 5.61. The number of nitrogens with one attached hydrogen (secondary N) is 1. The van der Waals surface area contributed by atoms with Gasteiger partial charge >= 0.3 is 0 Å². The Kier molecular flexibility index (Phi) is 2.81. The maximum Gasteiger partial charge on any atom is 0.134 e. The molecule has 0 amide bonds. The van der Waals surface area contributed by atoms with Crippen LogP contribution in [-0.4, -0.2) is 21.7 Å². The molecule has 3 aromatic rings. The van der Waals surface area contributed by atoms with Gasteiger partial charge in [-0.15, -0.1) is 0 Å². The SMILES string of the molecule is OCCc1nc(-c2coc3ccccc23)c(Cl)[nH]1. The summed E-state index contributed by atoms with van der Waals surface area (Å²) >= 11 is 6.13. The first-order chi connectivity index (χ1) is 8.79. The summed E-state index contributed by atoms with van der Waals surface area (Å²) in [4.78, 5) is 7.34. The second-order valence-corrected chi connectivity index (χ2v) is 4.34. The zero-order valence-corrected chi connectivity index (χ0v) is 10.2. The van der Waals surface area contributed by atoms with Crippen molar-refractivity contribution in [1.29, 1.82) is 0 Å². The molecule has 2 aromatic heterocycles. The van der Waals surface area contributed by atoms with Gasteiger partial charge in [0, 0.05) is 17.4 Å². The number of halogens is 1. The first kappa shape index (κ1) is 11.3. The number of imidazole rings is 1. The van der Waals surface area contributed by atoms with E-state index in [1.807, 2.05) is 24.3 Å². The normalized spacial score (nSPS) is 11.2. The maximum atomic E-state index is 8.90. The zero-order chi connectivity index (χ0) is 12.5. The number of rotatable bonds is 3. The number of furan rings is 1. The van der Waals surface area contributed by atoms with E-state index >= 15 is 0 Å². The first-order valence-corrected chi connectivity index (χ1v) is 5.99. The van der Waals surface area contributed by atoms with Crippen molar-refractivity contribution < 1.29 is 9.52 Å². The van der Waals surface area contributed by atoms with Gasteiger partial charge < -0.3 is 14.5 Å². The van der Waals surface area contributed by atoms with Gasteiger partial charge in [0.1, 0.15) is 28.5 Å². The molecule has 0 saturated heterocycles. The van der Waals surface area contributed by atoms with Crippen LogP contribution in [0.2, 0.25) is 5.15 Å². The van der Waals surface area contributed by atoms with Crippen LogP contribution in [0.3, 0.4) is 0 Å². The fourth-order valence-corrected chi connectivity index (χ4v) is 2.21. The number of fused-ring (bicyclic) bond motifs is 1. The summed E-state index contributed by atoms with van der Waals surface area (Å²) < 4.78 is 5.47. The molecule has 2 N–H and O–H groups in total. The monoisotopic (exact) mass is 262 g/mol. The molecule has 2 heterocycles. The highest BCUT2D eigenvalue weighted by atomic mass is 35.5. The van der Waals surface area contributed by atoms with Crippen LogP contribution in [0.25, 0.3) is 22.2 Å². The number of hydrogen-bond acceptors (Lipinski definition) is 3. The Labute approximate surface area is 108 Å². The highest BCUT2D eigenvalue weighted by Crippen LogP contribution is 2.33. The van der Waals surface area contributed by atoms with Crippen molar-refractivity contribution in [2.24, 2.45) is 0 Å². The Bertz CT molecular complexity index is 687. The largest absolute Gasteiger partial charge is 0.464 e. The molecule has 18 heavy (non-hydrogen) atoms. The van der Waals surface area contributed by atoms with E-state index in [0.29, 0.717) is 23.1 Å². The summed E-state index contributed by atoms with van der Waals surface area (Å²) in [5, 5.41) is 10.3. The number of H-pyrrole nitrogens is 1. The van der Waals surface area contributed by atoms with Gasteiger partial charge in [-0.25, -0.2) is 4.98 Å². The van der Waals surface area contributed by atoms with Crippen molar-refractivity contribution in [3.8, 4) is 11.3 Å². The molecule has 0 bridgehead atoms. The van der Waals surface area contributed by atoms with Gasteiger partial charge in [-0.3, -0.25) is 0 Å².